The van der Waals surface area contributed by atoms with E-state index < -0.39 is 17.2 Å². The quantitative estimate of drug-likeness (QED) is 0.765. The molecule has 92 valence electrons. The Morgan fingerprint density at radius 1 is 1.33 bits per heavy atom. The number of nitriles is 1. The van der Waals surface area contributed by atoms with Crippen molar-refractivity contribution in [2.24, 2.45) is 0 Å². The molecule has 18 heavy (non-hydrogen) atoms. The first-order valence-corrected chi connectivity index (χ1v) is 5.92. The van der Waals surface area contributed by atoms with E-state index in [2.05, 4.69) is 13.0 Å². The predicted molar refractivity (Wildman–Crippen MR) is 65.9 cm³/mol. The second-order valence-corrected chi connectivity index (χ2v) is 4.31. The van der Waals surface area contributed by atoms with Gasteiger partial charge in [0.25, 0.3) is 0 Å². The van der Waals surface area contributed by atoms with E-state index in [1.54, 1.807) is 0 Å². The number of benzene rings is 1. The van der Waals surface area contributed by atoms with Gasteiger partial charge in [-0.25, -0.2) is 8.78 Å². The van der Waals surface area contributed by atoms with Gasteiger partial charge in [0.05, 0.1) is 0 Å². The molecule has 1 unspecified atom stereocenters. The highest BCUT2D eigenvalue weighted by molar-refractivity contribution is 5.39. The summed E-state index contributed by atoms with van der Waals surface area (Å²) in [6.07, 6.45) is 7.73. The summed E-state index contributed by atoms with van der Waals surface area (Å²) >= 11 is 0. The summed E-state index contributed by atoms with van der Waals surface area (Å²) in [5, 5.41) is 8.61. The molecule has 1 atom stereocenters. The molecule has 0 fully saturated rings. The maximum Gasteiger partial charge on any atom is 0.144 e. The Hall–Kier alpha value is -1.95. The van der Waals surface area contributed by atoms with Gasteiger partial charge in [0.2, 0.25) is 0 Å². The zero-order valence-corrected chi connectivity index (χ0v) is 10.1. The minimum Gasteiger partial charge on any atom is -0.205 e. The maximum absolute atomic E-state index is 13.5. The molecule has 0 heterocycles. The van der Waals surface area contributed by atoms with Gasteiger partial charge in [-0.15, -0.1) is 0 Å². The van der Waals surface area contributed by atoms with Crippen LogP contribution in [-0.2, 0) is 0 Å². The van der Waals surface area contributed by atoms with Crippen LogP contribution in [0.25, 0.3) is 0 Å². The molecule has 0 radical (unpaired) electrons. The van der Waals surface area contributed by atoms with Crippen LogP contribution in [-0.4, -0.2) is 0 Å². The molecule has 3 heteroatoms. The van der Waals surface area contributed by atoms with Crippen LogP contribution in [0.3, 0.4) is 0 Å². The van der Waals surface area contributed by atoms with E-state index in [9.17, 15) is 8.78 Å². The summed E-state index contributed by atoms with van der Waals surface area (Å²) in [5.74, 6) is -1.59. The average molecular weight is 245 g/mol. The fraction of sp³-hybridized carbons (Fsp3) is 0.267. The Morgan fingerprint density at radius 2 is 2.00 bits per heavy atom. The van der Waals surface area contributed by atoms with Crippen molar-refractivity contribution in [2.45, 2.75) is 25.7 Å². The first kappa shape index (κ1) is 12.5. The number of nitrogens with zero attached hydrogens (tertiary/aromatic N) is 1. The van der Waals surface area contributed by atoms with Gasteiger partial charge < -0.3 is 0 Å². The first-order valence-electron chi connectivity index (χ1n) is 5.92. The average Bonchev–Trinajstić information content (AvgIpc) is 2.38. The van der Waals surface area contributed by atoms with Gasteiger partial charge in [-0.3, -0.25) is 0 Å². The molecule has 0 amide bonds. The van der Waals surface area contributed by atoms with E-state index in [1.165, 1.54) is 23.8 Å². The summed E-state index contributed by atoms with van der Waals surface area (Å²) < 4.78 is 27.0. The Kier molecular flexibility index (Phi) is 3.57. The van der Waals surface area contributed by atoms with Crippen LogP contribution in [0.5, 0.6) is 0 Å². The molecule has 0 bridgehead atoms. The van der Waals surface area contributed by atoms with Crippen molar-refractivity contribution < 1.29 is 8.78 Å². The number of allylic oxidation sites excluding steroid dienone is 4. The van der Waals surface area contributed by atoms with Gasteiger partial charge in [-0.1, -0.05) is 30.7 Å². The lowest BCUT2D eigenvalue weighted by Crippen LogP contribution is -2.02. The van der Waals surface area contributed by atoms with Crippen molar-refractivity contribution in [3.8, 4) is 6.07 Å². The van der Waals surface area contributed by atoms with E-state index in [-0.39, 0.29) is 5.92 Å². The van der Waals surface area contributed by atoms with E-state index >= 15 is 0 Å². The molecular weight excluding hydrogens is 232 g/mol. The summed E-state index contributed by atoms with van der Waals surface area (Å²) in [5.41, 5.74) is 1.30. The fourth-order valence-corrected chi connectivity index (χ4v) is 2.09. The smallest absolute Gasteiger partial charge is 0.144 e. The third-order valence-electron chi connectivity index (χ3n) is 3.19. The molecule has 0 N–H and O–H groups in total. The maximum atomic E-state index is 13.5. The molecule has 1 aliphatic rings. The van der Waals surface area contributed by atoms with Gasteiger partial charge >= 0.3 is 0 Å². The van der Waals surface area contributed by atoms with Gasteiger partial charge in [0.15, 0.2) is 0 Å². The van der Waals surface area contributed by atoms with Crippen molar-refractivity contribution in [3.63, 3.8) is 0 Å². The zero-order chi connectivity index (χ0) is 13.1. The molecule has 1 aliphatic carbocycles. The standard InChI is InChI=1S/C15H13F2N/c1-2-10-3-5-11(6-4-10)12-7-14(16)13(9-18)15(17)8-12/h3-5,7-8,11H,2,6H2,1H3. The minimum atomic E-state index is -0.786. The molecule has 0 aliphatic heterocycles. The Morgan fingerprint density at radius 3 is 2.44 bits per heavy atom. The molecule has 0 spiro atoms. The Bertz CT molecular complexity index is 541. The highest BCUT2D eigenvalue weighted by atomic mass is 19.1. The van der Waals surface area contributed by atoms with Crippen molar-refractivity contribution in [3.05, 3.63) is 58.7 Å². The zero-order valence-electron chi connectivity index (χ0n) is 10.1. The molecule has 1 nitrogen and oxygen atoms in total. The topological polar surface area (TPSA) is 23.8 Å². The van der Waals surface area contributed by atoms with Crippen molar-refractivity contribution in [1.82, 2.24) is 0 Å². The molecule has 1 aromatic rings. The van der Waals surface area contributed by atoms with Gasteiger partial charge in [0, 0.05) is 5.92 Å². The number of rotatable bonds is 2. The molecule has 0 saturated carbocycles. The summed E-state index contributed by atoms with van der Waals surface area (Å²) in [4.78, 5) is 0. The Balaban J connectivity index is 2.30. The summed E-state index contributed by atoms with van der Waals surface area (Å²) in [7, 11) is 0. The lowest BCUT2D eigenvalue weighted by Gasteiger charge is -2.16. The van der Waals surface area contributed by atoms with E-state index in [4.69, 9.17) is 5.26 Å². The lowest BCUT2D eigenvalue weighted by molar-refractivity contribution is 0.571. The molecule has 2 rings (SSSR count). The monoisotopic (exact) mass is 245 g/mol. The van der Waals surface area contributed by atoms with Gasteiger partial charge in [-0.2, -0.15) is 5.26 Å². The molecular formula is C15H13F2N. The van der Waals surface area contributed by atoms with E-state index in [1.807, 2.05) is 12.2 Å². The van der Waals surface area contributed by atoms with Crippen molar-refractivity contribution in [1.29, 1.82) is 5.26 Å². The van der Waals surface area contributed by atoms with Crippen LogP contribution in [0.4, 0.5) is 8.78 Å². The first-order chi connectivity index (χ1) is 8.65. The number of halogens is 2. The van der Waals surface area contributed by atoms with E-state index in [0.29, 0.717) is 5.56 Å². The molecule has 0 saturated heterocycles. The lowest BCUT2D eigenvalue weighted by atomic mass is 9.89. The second kappa shape index (κ2) is 5.14. The van der Waals surface area contributed by atoms with Crippen LogP contribution in [0.2, 0.25) is 0 Å². The van der Waals surface area contributed by atoms with Crippen molar-refractivity contribution in [2.75, 3.05) is 0 Å². The van der Waals surface area contributed by atoms with Crippen molar-refractivity contribution >= 4 is 0 Å². The predicted octanol–water partition coefficient (Wildman–Crippen LogP) is 4.22. The molecule has 0 aromatic heterocycles. The summed E-state index contributed by atoms with van der Waals surface area (Å²) in [6, 6.07) is 4.03. The normalized spacial score (nSPS) is 18.3. The fourth-order valence-electron chi connectivity index (χ4n) is 2.09. The third-order valence-corrected chi connectivity index (χ3v) is 3.19. The van der Waals surface area contributed by atoms with Crippen LogP contribution in [0.1, 0.15) is 36.8 Å². The SMILES string of the molecule is CCC1=CCC(c2cc(F)c(C#N)c(F)c2)C=C1. The largest absolute Gasteiger partial charge is 0.205 e. The second-order valence-electron chi connectivity index (χ2n) is 4.31. The number of hydrogen-bond acceptors (Lipinski definition) is 1. The highest BCUT2D eigenvalue weighted by Crippen LogP contribution is 2.29. The highest BCUT2D eigenvalue weighted by Gasteiger charge is 2.16. The van der Waals surface area contributed by atoms with Crippen LogP contribution in [0.15, 0.2) is 35.9 Å². The Labute approximate surface area is 105 Å². The van der Waals surface area contributed by atoms with E-state index in [0.717, 1.165) is 12.8 Å². The summed E-state index contributed by atoms with van der Waals surface area (Å²) in [6.45, 7) is 2.07. The number of hydrogen-bond donors (Lipinski definition) is 0. The van der Waals surface area contributed by atoms with Gasteiger partial charge in [-0.05, 0) is 30.5 Å². The van der Waals surface area contributed by atoms with Crippen LogP contribution < -0.4 is 0 Å². The van der Waals surface area contributed by atoms with Crippen LogP contribution >= 0.6 is 0 Å². The molecule has 1 aromatic carbocycles. The third kappa shape index (κ3) is 2.33. The van der Waals surface area contributed by atoms with Crippen LogP contribution in [0, 0.1) is 23.0 Å². The van der Waals surface area contributed by atoms with Gasteiger partial charge in [0.1, 0.15) is 23.3 Å². The minimum absolute atomic E-state index is 0.0166.